The Bertz CT molecular complexity index is 741. The Morgan fingerprint density at radius 1 is 1.17 bits per heavy atom. The minimum absolute atomic E-state index is 0.319. The van der Waals surface area contributed by atoms with E-state index in [9.17, 15) is 19.1 Å². The second-order valence-corrected chi connectivity index (χ2v) is 6.08. The minimum Gasteiger partial charge on any atom is -0.481 e. The van der Waals surface area contributed by atoms with Gasteiger partial charge in [0.05, 0.1) is 5.92 Å². The predicted molar refractivity (Wildman–Crippen MR) is 83.7 cm³/mol. The Labute approximate surface area is 132 Å². The number of benzene rings is 1. The number of carbonyl (C=O) groups excluding carboxylic acids is 1. The highest BCUT2D eigenvalue weighted by Crippen LogP contribution is 2.24. The van der Waals surface area contributed by atoms with Gasteiger partial charge in [0.2, 0.25) is 0 Å². The Morgan fingerprint density at radius 3 is 2.74 bits per heavy atom. The zero-order valence-electron chi connectivity index (χ0n) is 12.6. The van der Waals surface area contributed by atoms with Crippen LogP contribution >= 0.6 is 0 Å². The van der Waals surface area contributed by atoms with Crippen LogP contribution < -0.4 is 5.32 Å². The Kier molecular flexibility index (Phi) is 4.32. The highest BCUT2D eigenvalue weighted by Gasteiger charge is 2.31. The Morgan fingerprint density at radius 2 is 1.96 bits per heavy atom. The summed E-state index contributed by atoms with van der Waals surface area (Å²) in [5.41, 5.74) is 0.992. The van der Waals surface area contributed by atoms with Crippen molar-refractivity contribution in [3.63, 3.8) is 0 Å². The molecule has 1 aromatic carbocycles. The van der Waals surface area contributed by atoms with Gasteiger partial charge in [0.25, 0.3) is 5.91 Å². The molecule has 0 aliphatic heterocycles. The molecule has 5 nitrogen and oxygen atoms in total. The number of amides is 1. The van der Waals surface area contributed by atoms with Crippen molar-refractivity contribution in [1.29, 1.82) is 0 Å². The highest BCUT2D eigenvalue weighted by atomic mass is 19.1. The number of aromatic nitrogens is 1. The van der Waals surface area contributed by atoms with Crippen molar-refractivity contribution < 1.29 is 19.1 Å². The van der Waals surface area contributed by atoms with E-state index < -0.39 is 11.9 Å². The van der Waals surface area contributed by atoms with Gasteiger partial charge in [-0.1, -0.05) is 19.3 Å². The summed E-state index contributed by atoms with van der Waals surface area (Å²) in [6, 6.07) is 5.47. The molecule has 0 saturated heterocycles. The van der Waals surface area contributed by atoms with Gasteiger partial charge in [-0.2, -0.15) is 0 Å². The third kappa shape index (κ3) is 3.36. The van der Waals surface area contributed by atoms with Crippen molar-refractivity contribution >= 4 is 22.8 Å². The monoisotopic (exact) mass is 318 g/mol. The Hall–Kier alpha value is -2.37. The van der Waals surface area contributed by atoms with E-state index >= 15 is 0 Å². The molecule has 1 aliphatic rings. The number of rotatable bonds is 3. The number of nitrogens with one attached hydrogen (secondary N) is 2. The molecule has 2 atom stereocenters. The lowest BCUT2D eigenvalue weighted by molar-refractivity contribution is -0.142. The molecule has 1 saturated carbocycles. The van der Waals surface area contributed by atoms with Crippen LogP contribution in [-0.2, 0) is 4.79 Å². The zero-order valence-corrected chi connectivity index (χ0v) is 12.6. The van der Waals surface area contributed by atoms with Crippen LogP contribution in [0.1, 0.15) is 42.6 Å². The van der Waals surface area contributed by atoms with E-state index in [0.717, 1.165) is 19.3 Å². The van der Waals surface area contributed by atoms with Crippen molar-refractivity contribution in [2.24, 2.45) is 5.92 Å². The predicted octanol–water partition coefficient (Wildman–Crippen LogP) is 3.07. The number of hydrogen-bond donors (Lipinski definition) is 3. The largest absolute Gasteiger partial charge is 0.481 e. The average molecular weight is 318 g/mol. The molecule has 23 heavy (non-hydrogen) atoms. The smallest absolute Gasteiger partial charge is 0.308 e. The molecule has 3 N–H and O–H groups in total. The molecule has 0 bridgehead atoms. The topological polar surface area (TPSA) is 82.2 Å². The SMILES string of the molecule is O=C(N[C@H]1CCCCC[C@H]1C(=O)O)c1cc2cc(F)ccc2[nH]1. The molecule has 6 heteroatoms. The number of carbonyl (C=O) groups is 2. The molecule has 0 radical (unpaired) electrons. The van der Waals surface area contributed by atoms with E-state index in [1.54, 1.807) is 12.1 Å². The number of hydrogen-bond acceptors (Lipinski definition) is 2. The number of aromatic amines is 1. The van der Waals surface area contributed by atoms with Crippen LogP contribution in [-0.4, -0.2) is 28.0 Å². The van der Waals surface area contributed by atoms with Crippen LogP contribution in [0.15, 0.2) is 24.3 Å². The second kappa shape index (κ2) is 6.40. The van der Waals surface area contributed by atoms with Crippen LogP contribution in [0.5, 0.6) is 0 Å². The van der Waals surface area contributed by atoms with E-state index in [0.29, 0.717) is 29.4 Å². The standard InChI is InChI=1S/C17H19FN2O3/c18-11-6-7-13-10(8-11)9-15(19-13)16(21)20-14-5-3-1-2-4-12(14)17(22)23/h6-9,12,14,19H,1-5H2,(H,20,21)(H,22,23)/t12-,14+/m1/s1. The molecule has 3 rings (SSSR count). The quantitative estimate of drug-likeness (QED) is 0.761. The molecule has 1 aromatic heterocycles. The molecule has 1 amide bonds. The van der Waals surface area contributed by atoms with E-state index in [2.05, 4.69) is 10.3 Å². The Balaban J connectivity index is 1.79. The van der Waals surface area contributed by atoms with Crippen molar-refractivity contribution in [1.82, 2.24) is 10.3 Å². The number of aliphatic carboxylic acids is 1. The molecule has 1 aliphatic carbocycles. The third-order valence-electron chi connectivity index (χ3n) is 4.48. The number of H-pyrrole nitrogens is 1. The lowest BCUT2D eigenvalue weighted by Gasteiger charge is -2.22. The first-order valence-corrected chi connectivity index (χ1v) is 7.86. The van der Waals surface area contributed by atoms with Crippen LogP contribution in [0, 0.1) is 11.7 Å². The van der Waals surface area contributed by atoms with Gasteiger partial charge in [-0.3, -0.25) is 9.59 Å². The minimum atomic E-state index is -0.865. The van der Waals surface area contributed by atoms with Gasteiger partial charge in [-0.25, -0.2) is 4.39 Å². The molecule has 2 aromatic rings. The van der Waals surface area contributed by atoms with Crippen molar-refractivity contribution in [2.45, 2.75) is 38.1 Å². The number of halogens is 1. The molecular weight excluding hydrogens is 299 g/mol. The van der Waals surface area contributed by atoms with Crippen molar-refractivity contribution in [3.8, 4) is 0 Å². The summed E-state index contributed by atoms with van der Waals surface area (Å²) in [6.45, 7) is 0. The molecule has 1 heterocycles. The van der Waals surface area contributed by atoms with Gasteiger partial charge in [0.1, 0.15) is 11.5 Å². The van der Waals surface area contributed by atoms with Gasteiger partial charge >= 0.3 is 5.97 Å². The normalized spacial score (nSPS) is 21.8. The zero-order chi connectivity index (χ0) is 16.4. The van der Waals surface area contributed by atoms with Crippen LogP contribution in [0.3, 0.4) is 0 Å². The molecule has 122 valence electrons. The summed E-state index contributed by atoms with van der Waals surface area (Å²) in [5, 5.41) is 12.8. The van der Waals surface area contributed by atoms with Crippen molar-refractivity contribution in [2.75, 3.05) is 0 Å². The van der Waals surface area contributed by atoms with E-state index in [4.69, 9.17) is 0 Å². The summed E-state index contributed by atoms with van der Waals surface area (Å²) in [4.78, 5) is 26.8. The maximum absolute atomic E-state index is 13.2. The van der Waals surface area contributed by atoms with Crippen LogP contribution in [0.4, 0.5) is 4.39 Å². The third-order valence-corrected chi connectivity index (χ3v) is 4.48. The first-order valence-electron chi connectivity index (χ1n) is 7.86. The van der Waals surface area contributed by atoms with Gasteiger partial charge in [0.15, 0.2) is 0 Å². The fraction of sp³-hybridized carbons (Fsp3) is 0.412. The van der Waals surface area contributed by atoms with Crippen LogP contribution in [0.2, 0.25) is 0 Å². The lowest BCUT2D eigenvalue weighted by Crippen LogP contribution is -2.42. The lowest BCUT2D eigenvalue weighted by atomic mass is 9.95. The van der Waals surface area contributed by atoms with Gasteiger partial charge in [0, 0.05) is 16.9 Å². The first-order chi connectivity index (χ1) is 11.0. The van der Waals surface area contributed by atoms with Crippen LogP contribution in [0.25, 0.3) is 10.9 Å². The fourth-order valence-corrected chi connectivity index (χ4v) is 3.25. The summed E-state index contributed by atoms with van der Waals surface area (Å²) >= 11 is 0. The average Bonchev–Trinajstić information content (AvgIpc) is 2.78. The van der Waals surface area contributed by atoms with Gasteiger partial charge in [-0.05, 0) is 37.1 Å². The molecular formula is C17H19FN2O3. The maximum Gasteiger partial charge on any atom is 0.308 e. The van der Waals surface area contributed by atoms with E-state index in [1.807, 2.05) is 0 Å². The summed E-state index contributed by atoms with van der Waals surface area (Å²) < 4.78 is 13.2. The number of carboxylic acids is 1. The molecule has 0 unspecified atom stereocenters. The summed E-state index contributed by atoms with van der Waals surface area (Å²) in [5.74, 6) is -2.13. The molecule has 1 fully saturated rings. The second-order valence-electron chi connectivity index (χ2n) is 6.08. The fourth-order valence-electron chi connectivity index (χ4n) is 3.25. The highest BCUT2D eigenvalue weighted by molar-refractivity contribution is 5.98. The van der Waals surface area contributed by atoms with E-state index in [-0.39, 0.29) is 17.8 Å². The van der Waals surface area contributed by atoms with E-state index in [1.165, 1.54) is 12.1 Å². The number of fused-ring (bicyclic) bond motifs is 1. The first kappa shape index (κ1) is 15.5. The van der Waals surface area contributed by atoms with Crippen molar-refractivity contribution in [3.05, 3.63) is 35.8 Å². The van der Waals surface area contributed by atoms with Gasteiger partial charge in [-0.15, -0.1) is 0 Å². The molecule has 0 spiro atoms. The van der Waals surface area contributed by atoms with Gasteiger partial charge < -0.3 is 15.4 Å². The summed E-state index contributed by atoms with van der Waals surface area (Å²) in [6.07, 6.45) is 4.01. The summed E-state index contributed by atoms with van der Waals surface area (Å²) in [7, 11) is 0. The number of carboxylic acid groups (broad SMARTS) is 1. The maximum atomic E-state index is 13.2.